The lowest BCUT2D eigenvalue weighted by Gasteiger charge is -2.21. The number of anilines is 1. The van der Waals surface area contributed by atoms with Crippen LogP contribution in [0.1, 0.15) is 28.7 Å². The van der Waals surface area contributed by atoms with Crippen molar-refractivity contribution >= 4 is 11.9 Å². The molecule has 3 aromatic rings. The van der Waals surface area contributed by atoms with Crippen LogP contribution >= 0.6 is 0 Å². The Labute approximate surface area is 153 Å². The molecule has 0 aliphatic rings. The molecule has 0 saturated heterocycles. The molecule has 1 aromatic carbocycles. The van der Waals surface area contributed by atoms with Gasteiger partial charge in [-0.2, -0.15) is 0 Å². The number of hydrogen-bond donors (Lipinski definition) is 1. The maximum atomic E-state index is 12.4. The number of rotatable bonds is 7. The zero-order valence-electron chi connectivity index (χ0n) is 14.7. The topological polar surface area (TPSA) is 71.0 Å². The van der Waals surface area contributed by atoms with E-state index in [9.17, 15) is 4.79 Å². The van der Waals surface area contributed by atoms with Gasteiger partial charge in [-0.3, -0.25) is 9.78 Å². The highest BCUT2D eigenvalue weighted by Gasteiger charge is 2.13. The average Bonchev–Trinajstić information content (AvgIpc) is 2.72. The van der Waals surface area contributed by atoms with Gasteiger partial charge in [0.25, 0.3) is 5.91 Å². The van der Waals surface area contributed by atoms with E-state index in [4.69, 9.17) is 0 Å². The van der Waals surface area contributed by atoms with Crippen LogP contribution in [0.2, 0.25) is 0 Å². The highest BCUT2D eigenvalue weighted by molar-refractivity contribution is 5.92. The molecule has 0 fully saturated rings. The first-order valence-electron chi connectivity index (χ1n) is 8.56. The Balaban J connectivity index is 1.69. The van der Waals surface area contributed by atoms with Gasteiger partial charge in [-0.1, -0.05) is 36.4 Å². The van der Waals surface area contributed by atoms with Crippen LogP contribution in [-0.2, 0) is 13.1 Å². The molecule has 0 saturated carbocycles. The Morgan fingerprint density at radius 3 is 2.54 bits per heavy atom. The van der Waals surface area contributed by atoms with Crippen LogP contribution in [0.3, 0.4) is 0 Å². The quantitative estimate of drug-likeness (QED) is 0.712. The average molecular weight is 347 g/mol. The summed E-state index contributed by atoms with van der Waals surface area (Å²) in [5.74, 6) is 0.303. The van der Waals surface area contributed by atoms with Crippen LogP contribution in [0.25, 0.3) is 0 Å². The first-order chi connectivity index (χ1) is 12.8. The smallest absolute Gasteiger partial charge is 0.270 e. The van der Waals surface area contributed by atoms with Crippen LogP contribution in [0.4, 0.5) is 5.95 Å². The van der Waals surface area contributed by atoms with Gasteiger partial charge >= 0.3 is 0 Å². The minimum atomic E-state index is -0.241. The molecule has 132 valence electrons. The number of hydrogen-bond acceptors (Lipinski definition) is 5. The zero-order chi connectivity index (χ0) is 18.2. The number of amides is 1. The van der Waals surface area contributed by atoms with Crippen molar-refractivity contribution in [2.45, 2.75) is 20.0 Å². The van der Waals surface area contributed by atoms with E-state index in [1.54, 1.807) is 18.5 Å². The number of aromatic nitrogens is 3. The van der Waals surface area contributed by atoms with Crippen LogP contribution in [0.15, 0.2) is 67.0 Å². The predicted octanol–water partition coefficient (Wildman–Crippen LogP) is 2.83. The number of carbonyl (C=O) groups excluding carboxylic acids is 1. The van der Waals surface area contributed by atoms with Crippen molar-refractivity contribution in [2.75, 3.05) is 11.4 Å². The van der Waals surface area contributed by atoms with Gasteiger partial charge in [-0.25, -0.2) is 9.97 Å². The summed E-state index contributed by atoms with van der Waals surface area (Å²) in [5.41, 5.74) is 2.31. The van der Waals surface area contributed by atoms with Gasteiger partial charge in [-0.05, 0) is 30.7 Å². The maximum absolute atomic E-state index is 12.4. The molecule has 2 heterocycles. The zero-order valence-corrected chi connectivity index (χ0v) is 14.7. The number of nitrogens with zero attached hydrogens (tertiary/aromatic N) is 4. The van der Waals surface area contributed by atoms with Crippen molar-refractivity contribution in [3.8, 4) is 0 Å². The molecule has 1 amide bonds. The number of pyridine rings is 1. The SMILES string of the molecule is CCN(Cc1ccccc1)c1nccc(C(=O)NCc2ccccn2)n1. The molecule has 0 aliphatic heterocycles. The van der Waals surface area contributed by atoms with E-state index in [1.165, 1.54) is 5.56 Å². The Morgan fingerprint density at radius 1 is 1.00 bits per heavy atom. The van der Waals surface area contributed by atoms with Crippen LogP contribution in [0, 0.1) is 0 Å². The largest absolute Gasteiger partial charge is 0.345 e. The molecule has 1 N–H and O–H groups in total. The summed E-state index contributed by atoms with van der Waals surface area (Å²) in [5, 5.41) is 2.84. The number of nitrogens with one attached hydrogen (secondary N) is 1. The van der Waals surface area contributed by atoms with E-state index in [1.807, 2.05) is 48.2 Å². The summed E-state index contributed by atoms with van der Waals surface area (Å²) >= 11 is 0. The molecule has 0 atom stereocenters. The molecule has 0 unspecified atom stereocenters. The van der Waals surface area contributed by atoms with Crippen LogP contribution < -0.4 is 10.2 Å². The highest BCUT2D eigenvalue weighted by Crippen LogP contribution is 2.12. The summed E-state index contributed by atoms with van der Waals surface area (Å²) in [4.78, 5) is 27.4. The monoisotopic (exact) mass is 347 g/mol. The first-order valence-corrected chi connectivity index (χ1v) is 8.56. The van der Waals surface area contributed by atoms with Gasteiger partial charge in [0.1, 0.15) is 5.69 Å². The number of carbonyl (C=O) groups is 1. The Kier molecular flexibility index (Phi) is 5.88. The highest BCUT2D eigenvalue weighted by atomic mass is 16.1. The van der Waals surface area contributed by atoms with Gasteiger partial charge in [0.15, 0.2) is 0 Å². The molecular formula is C20H21N5O. The third kappa shape index (κ3) is 4.63. The normalized spacial score (nSPS) is 10.3. The summed E-state index contributed by atoms with van der Waals surface area (Å²) in [6, 6.07) is 17.3. The summed E-state index contributed by atoms with van der Waals surface area (Å²) in [7, 11) is 0. The van der Waals surface area contributed by atoms with Crippen molar-refractivity contribution < 1.29 is 4.79 Å². The van der Waals surface area contributed by atoms with Crippen molar-refractivity contribution in [1.29, 1.82) is 0 Å². The second-order valence-electron chi connectivity index (χ2n) is 5.75. The minimum Gasteiger partial charge on any atom is -0.345 e. The van der Waals surface area contributed by atoms with Gasteiger partial charge < -0.3 is 10.2 Å². The van der Waals surface area contributed by atoms with E-state index >= 15 is 0 Å². The van der Waals surface area contributed by atoms with Gasteiger partial charge in [0.05, 0.1) is 12.2 Å². The third-order valence-electron chi connectivity index (χ3n) is 3.91. The predicted molar refractivity (Wildman–Crippen MR) is 101 cm³/mol. The summed E-state index contributed by atoms with van der Waals surface area (Å²) in [6.45, 7) is 3.84. The molecule has 0 radical (unpaired) electrons. The second-order valence-corrected chi connectivity index (χ2v) is 5.75. The lowest BCUT2D eigenvalue weighted by atomic mass is 10.2. The molecule has 6 nitrogen and oxygen atoms in total. The Morgan fingerprint density at radius 2 is 1.81 bits per heavy atom. The van der Waals surface area contributed by atoms with Gasteiger partial charge in [-0.15, -0.1) is 0 Å². The fraction of sp³-hybridized carbons (Fsp3) is 0.200. The molecule has 3 rings (SSSR count). The third-order valence-corrected chi connectivity index (χ3v) is 3.91. The first kappa shape index (κ1) is 17.5. The van der Waals surface area contributed by atoms with E-state index < -0.39 is 0 Å². The Bertz CT molecular complexity index is 839. The lowest BCUT2D eigenvalue weighted by Crippen LogP contribution is -2.27. The fourth-order valence-electron chi connectivity index (χ4n) is 2.52. The Hall–Kier alpha value is -3.28. The standard InChI is InChI=1S/C20H21N5O/c1-2-25(15-16-8-4-3-5-9-16)20-22-13-11-18(24-20)19(26)23-14-17-10-6-7-12-21-17/h3-13H,2,14-15H2,1H3,(H,23,26). The molecule has 6 heteroatoms. The van der Waals surface area contributed by atoms with Crippen molar-refractivity contribution in [3.63, 3.8) is 0 Å². The fourth-order valence-corrected chi connectivity index (χ4v) is 2.52. The minimum absolute atomic E-state index is 0.241. The second kappa shape index (κ2) is 8.71. The lowest BCUT2D eigenvalue weighted by molar-refractivity contribution is 0.0945. The maximum Gasteiger partial charge on any atom is 0.270 e. The summed E-state index contributed by atoms with van der Waals surface area (Å²) in [6.07, 6.45) is 3.32. The molecule has 0 bridgehead atoms. The number of benzene rings is 1. The van der Waals surface area contributed by atoms with Gasteiger partial charge in [0.2, 0.25) is 5.95 Å². The summed E-state index contributed by atoms with van der Waals surface area (Å²) < 4.78 is 0. The van der Waals surface area contributed by atoms with Crippen molar-refractivity contribution in [1.82, 2.24) is 20.3 Å². The van der Waals surface area contributed by atoms with Crippen molar-refractivity contribution in [2.24, 2.45) is 0 Å². The van der Waals surface area contributed by atoms with Crippen LogP contribution in [0.5, 0.6) is 0 Å². The molecule has 0 spiro atoms. The molecule has 26 heavy (non-hydrogen) atoms. The van der Waals surface area contributed by atoms with E-state index in [0.29, 0.717) is 24.7 Å². The van der Waals surface area contributed by atoms with Crippen LogP contribution in [-0.4, -0.2) is 27.4 Å². The molecule has 0 aliphatic carbocycles. The van der Waals surface area contributed by atoms with Crippen molar-refractivity contribution in [3.05, 3.63) is 83.9 Å². The molecular weight excluding hydrogens is 326 g/mol. The van der Waals surface area contributed by atoms with E-state index in [0.717, 1.165) is 12.2 Å². The molecule has 2 aromatic heterocycles. The van der Waals surface area contributed by atoms with E-state index in [-0.39, 0.29) is 5.91 Å². The van der Waals surface area contributed by atoms with E-state index in [2.05, 4.69) is 32.4 Å². The van der Waals surface area contributed by atoms with Gasteiger partial charge in [0, 0.05) is 25.5 Å².